The van der Waals surface area contributed by atoms with Crippen molar-refractivity contribution in [2.45, 2.75) is 108 Å². The van der Waals surface area contributed by atoms with Crippen LogP contribution in [0.4, 0.5) is 8.78 Å². The molecule has 7 heterocycles. The summed E-state index contributed by atoms with van der Waals surface area (Å²) in [4.78, 5) is 71.1. The maximum absolute atomic E-state index is 14.5. The Hall–Kier alpha value is -6.37. The summed E-state index contributed by atoms with van der Waals surface area (Å²) in [6.07, 6.45) is 20.5. The predicted molar refractivity (Wildman–Crippen MR) is 276 cm³/mol. The Bertz CT molecular complexity index is 2890. The monoisotopic (exact) mass is 999 g/mol. The highest BCUT2D eigenvalue weighted by molar-refractivity contribution is 8.14. The summed E-state index contributed by atoms with van der Waals surface area (Å²) in [5.74, 6) is -0.686. The highest BCUT2D eigenvalue weighted by Gasteiger charge is 2.42. The van der Waals surface area contributed by atoms with Crippen LogP contribution in [0.1, 0.15) is 98.3 Å². The van der Waals surface area contributed by atoms with Gasteiger partial charge in [-0.2, -0.15) is 10.2 Å². The first-order valence-corrected chi connectivity index (χ1v) is 26.3. The number of pyridine rings is 1. The van der Waals surface area contributed by atoms with E-state index in [9.17, 15) is 28.0 Å². The molecular formula is C54H63F2N11O4S. The van der Waals surface area contributed by atoms with E-state index in [1.54, 1.807) is 49.5 Å². The summed E-state index contributed by atoms with van der Waals surface area (Å²) in [7, 11) is 1.73. The number of thioether (sulfide) groups is 1. The topological polar surface area (TPSA) is 176 Å². The maximum Gasteiger partial charge on any atom is 0.246 e. The molecule has 3 aliphatic rings. The Labute approximate surface area is 422 Å². The molecule has 3 N–H and O–H groups in total. The molecule has 0 saturated carbocycles. The second kappa shape index (κ2) is 23.5. The zero-order chi connectivity index (χ0) is 50.1. The third-order valence-electron chi connectivity index (χ3n) is 14.4. The minimum absolute atomic E-state index is 0.00582. The zero-order valence-electron chi connectivity index (χ0n) is 40.9. The van der Waals surface area contributed by atoms with Crippen molar-refractivity contribution in [2.75, 3.05) is 39.0 Å². The van der Waals surface area contributed by atoms with E-state index < -0.39 is 23.9 Å². The molecule has 6 aromatic rings. The van der Waals surface area contributed by atoms with Crippen molar-refractivity contribution in [3.05, 3.63) is 115 Å². The fourth-order valence-corrected chi connectivity index (χ4v) is 11.3. The molecule has 18 heteroatoms. The van der Waals surface area contributed by atoms with Crippen LogP contribution in [-0.2, 0) is 16.1 Å². The van der Waals surface area contributed by atoms with Gasteiger partial charge in [0.15, 0.2) is 5.78 Å². The van der Waals surface area contributed by atoms with Gasteiger partial charge in [0.1, 0.15) is 29.4 Å². The minimum atomic E-state index is -0.654. The van der Waals surface area contributed by atoms with Gasteiger partial charge in [-0.05, 0) is 126 Å². The van der Waals surface area contributed by atoms with Crippen LogP contribution in [0.5, 0.6) is 0 Å². The van der Waals surface area contributed by atoms with E-state index in [-0.39, 0.29) is 41.3 Å². The summed E-state index contributed by atoms with van der Waals surface area (Å²) in [6.45, 7) is 5.50. The number of hydrogen-bond acceptors (Lipinski definition) is 11. The maximum atomic E-state index is 14.5. The number of rotatable bonds is 21. The summed E-state index contributed by atoms with van der Waals surface area (Å²) in [5, 5.41) is 16.7. The minimum Gasteiger partial charge on any atom is -0.346 e. The molecule has 1 unspecified atom stereocenters. The number of ketones is 1. The second-order valence-corrected chi connectivity index (χ2v) is 20.4. The number of hydrogen-bond donors (Lipinski definition) is 3. The van der Waals surface area contributed by atoms with Crippen LogP contribution in [0, 0.1) is 17.6 Å². The number of aromatic nitrogens is 6. The van der Waals surface area contributed by atoms with E-state index in [4.69, 9.17) is 4.99 Å². The molecule has 15 nitrogen and oxygen atoms in total. The Morgan fingerprint density at radius 2 is 1.62 bits per heavy atom. The van der Waals surface area contributed by atoms with Crippen molar-refractivity contribution in [3.63, 3.8) is 0 Å². The molecule has 4 atom stereocenters. The molecule has 9 rings (SSSR count). The number of piperidine rings is 1. The molecule has 0 spiro atoms. The second-order valence-electron chi connectivity index (χ2n) is 19.3. The number of amides is 2. The lowest BCUT2D eigenvalue weighted by Crippen LogP contribution is -2.58. The number of unbranched alkanes of at least 4 members (excludes halogenated alkanes) is 5. The van der Waals surface area contributed by atoms with Crippen molar-refractivity contribution in [1.82, 2.24) is 50.0 Å². The molecule has 378 valence electrons. The number of benzene rings is 2. The smallest absolute Gasteiger partial charge is 0.246 e. The van der Waals surface area contributed by atoms with Crippen LogP contribution in [0.15, 0.2) is 96.8 Å². The lowest BCUT2D eigenvalue weighted by molar-refractivity contribution is -0.138. The number of carbonyl (C=O) groups excluding carboxylic acids is 4. The number of nitrogens with zero attached hydrogens (tertiary/aromatic N) is 8. The van der Waals surface area contributed by atoms with Gasteiger partial charge in [-0.15, -0.1) is 11.8 Å². The number of likely N-dealkylation sites (N-methyl/N-ethyl adjacent to an activating group) is 1. The first kappa shape index (κ1) is 50.6. The molecule has 2 fully saturated rings. The largest absolute Gasteiger partial charge is 0.346 e. The van der Waals surface area contributed by atoms with Crippen LogP contribution >= 0.6 is 11.8 Å². The quantitative estimate of drug-likeness (QED) is 0.0471. The van der Waals surface area contributed by atoms with Gasteiger partial charge < -0.3 is 25.4 Å². The van der Waals surface area contributed by atoms with Gasteiger partial charge in [-0.3, -0.25) is 28.9 Å². The van der Waals surface area contributed by atoms with Crippen LogP contribution in [-0.4, -0.2) is 131 Å². The Balaban J connectivity index is 0.696. The summed E-state index contributed by atoms with van der Waals surface area (Å²) >= 11 is 1.51. The standard InChI is InChI=1S/C54H63F2N11O4S/c1-35(57-2)52(70)63-49(54(71)66-22-10-13-47(66)53-62-46(34-72-53)50(69)38-15-17-42(55)18-16-38)37-19-23-64(24-20-37)21-8-6-4-3-5-7-14-48(68)67-33-40(28-61-67)39-26-44-45(30-59-51(44)58-27-39)41-29-60-65(32-41)31-36-11-9-12-43(56)25-36/h9,11-12,15-18,25-30,32-33,35,37,46-47,49,57H,3-8,10,13-14,19-24,31,34H2,1-2H3,(H,58,59)(H,63,70)/t35-,46?,47-,49-/m0/s1. The number of aliphatic imine (C=N–C) groups is 1. The first-order valence-electron chi connectivity index (χ1n) is 25.3. The molecule has 3 aliphatic heterocycles. The number of H-pyrrole nitrogens is 1. The number of aromatic amines is 1. The Kier molecular flexibility index (Phi) is 16.5. The summed E-state index contributed by atoms with van der Waals surface area (Å²) in [5.41, 5.74) is 5.47. The summed E-state index contributed by atoms with van der Waals surface area (Å²) in [6, 6.07) is 12.1. The van der Waals surface area contributed by atoms with E-state index in [0.717, 1.165) is 128 Å². The number of halogens is 2. The van der Waals surface area contributed by atoms with Crippen LogP contribution in [0.25, 0.3) is 33.3 Å². The lowest BCUT2D eigenvalue weighted by Gasteiger charge is -2.38. The van der Waals surface area contributed by atoms with Crippen LogP contribution in [0.3, 0.4) is 0 Å². The number of fused-ring (bicyclic) bond motifs is 1. The number of carbonyl (C=O) groups is 4. The number of nitrogens with one attached hydrogen (secondary N) is 3. The third-order valence-corrected chi connectivity index (χ3v) is 15.6. The van der Waals surface area contributed by atoms with Crippen molar-refractivity contribution >= 4 is 51.3 Å². The van der Waals surface area contributed by atoms with Crippen molar-refractivity contribution < 1.29 is 28.0 Å². The molecule has 0 aliphatic carbocycles. The number of Topliss-reactive ketones (excluding diaryl/α,β-unsaturated/α-hetero) is 1. The predicted octanol–water partition coefficient (Wildman–Crippen LogP) is 8.18. The third kappa shape index (κ3) is 12.1. The average molecular weight is 1000 g/mol. The normalized spacial score (nSPS) is 18.4. The molecule has 4 aromatic heterocycles. The fraction of sp³-hybridized carbons (Fsp3) is 0.444. The van der Waals surface area contributed by atoms with Crippen molar-refractivity contribution in [3.8, 4) is 22.3 Å². The molecule has 0 radical (unpaired) electrons. The van der Waals surface area contributed by atoms with E-state index in [1.807, 2.05) is 29.4 Å². The zero-order valence-corrected chi connectivity index (χ0v) is 41.8. The molecule has 2 amide bonds. The molecule has 2 saturated heterocycles. The molecular weight excluding hydrogens is 937 g/mol. The van der Waals surface area contributed by atoms with Gasteiger partial charge in [-0.1, -0.05) is 37.8 Å². The average Bonchev–Trinajstić information content (AvgIpc) is 4.27. The van der Waals surface area contributed by atoms with E-state index >= 15 is 0 Å². The van der Waals surface area contributed by atoms with Crippen molar-refractivity contribution in [2.24, 2.45) is 10.9 Å². The highest BCUT2D eigenvalue weighted by atomic mass is 32.2. The Morgan fingerprint density at radius 1 is 0.847 bits per heavy atom. The lowest BCUT2D eigenvalue weighted by atomic mass is 9.88. The Morgan fingerprint density at radius 3 is 2.42 bits per heavy atom. The highest BCUT2D eigenvalue weighted by Crippen LogP contribution is 2.34. The molecule has 2 aromatic carbocycles. The van der Waals surface area contributed by atoms with Gasteiger partial charge in [0, 0.05) is 76.7 Å². The SMILES string of the molecule is CN[C@@H](C)C(=O)N[C@H](C(=O)N1CCC[C@H]1C1=NC(C(=O)c2ccc(F)cc2)CS1)C1CCN(CCCCCCCCC(=O)n2cc(-c3cnc4[nH]cc(-c5cnn(Cc6cccc(F)c6)c5)c4c3)cn2)CC1. The van der Waals surface area contributed by atoms with E-state index in [0.29, 0.717) is 30.8 Å². The van der Waals surface area contributed by atoms with Crippen LogP contribution < -0.4 is 10.6 Å². The number of likely N-dealkylation sites (tertiary alicyclic amines) is 2. The van der Waals surface area contributed by atoms with Gasteiger partial charge in [0.25, 0.3) is 0 Å². The van der Waals surface area contributed by atoms with Gasteiger partial charge in [0.05, 0.1) is 36.1 Å². The molecule has 72 heavy (non-hydrogen) atoms. The van der Waals surface area contributed by atoms with Crippen LogP contribution in [0.2, 0.25) is 0 Å². The van der Waals surface area contributed by atoms with Gasteiger partial charge >= 0.3 is 0 Å². The van der Waals surface area contributed by atoms with E-state index in [1.165, 1.54) is 52.8 Å². The van der Waals surface area contributed by atoms with E-state index in [2.05, 4.69) is 35.7 Å². The van der Waals surface area contributed by atoms with Gasteiger partial charge in [-0.25, -0.2) is 18.4 Å². The molecule has 0 bridgehead atoms. The van der Waals surface area contributed by atoms with Gasteiger partial charge in [0.2, 0.25) is 17.7 Å². The summed E-state index contributed by atoms with van der Waals surface area (Å²) < 4.78 is 30.5. The first-order chi connectivity index (χ1) is 35.0. The fourth-order valence-electron chi connectivity index (χ4n) is 10.1. The van der Waals surface area contributed by atoms with Crippen molar-refractivity contribution in [1.29, 1.82) is 0 Å².